The Morgan fingerprint density at radius 3 is 2.72 bits per heavy atom. The van der Waals surface area contributed by atoms with Crippen LogP contribution >= 0.6 is 0 Å². The fourth-order valence-corrected chi connectivity index (χ4v) is 1.85. The Bertz CT molecular complexity index is 341. The molecule has 0 heterocycles. The maximum absolute atomic E-state index is 5.02. The van der Waals surface area contributed by atoms with Gasteiger partial charge in [-0.05, 0) is 32.0 Å². The summed E-state index contributed by atoms with van der Waals surface area (Å²) in [5, 5.41) is 3.40. The summed E-state index contributed by atoms with van der Waals surface area (Å²) in [6, 6.07) is 9.09. The molecule has 1 rings (SSSR count). The lowest BCUT2D eigenvalue weighted by molar-refractivity contribution is 0.191. The molecule has 0 saturated carbocycles. The summed E-state index contributed by atoms with van der Waals surface area (Å²) in [5.74, 6) is 0. The van der Waals surface area contributed by atoms with Crippen LogP contribution < -0.4 is 5.32 Å². The van der Waals surface area contributed by atoms with Gasteiger partial charge in [-0.1, -0.05) is 24.3 Å². The summed E-state index contributed by atoms with van der Waals surface area (Å²) in [4.78, 5) is 2.38. The Kier molecular flexibility index (Phi) is 6.94. The number of benzene rings is 1. The first-order chi connectivity index (χ1) is 8.65. The van der Waals surface area contributed by atoms with E-state index in [2.05, 4.69) is 55.4 Å². The predicted octanol–water partition coefficient (Wildman–Crippen LogP) is 2.05. The third-order valence-electron chi connectivity index (χ3n) is 3.36. The molecule has 0 aliphatic carbocycles. The summed E-state index contributed by atoms with van der Waals surface area (Å²) in [7, 11) is 3.91. The SMILES string of the molecule is COCCNCC(C)N(C)Cc1ccccc1C. The summed E-state index contributed by atoms with van der Waals surface area (Å²) >= 11 is 0. The van der Waals surface area contributed by atoms with Gasteiger partial charge in [-0.15, -0.1) is 0 Å². The number of hydrogen-bond donors (Lipinski definition) is 1. The summed E-state index contributed by atoms with van der Waals surface area (Å²) in [6.07, 6.45) is 0. The van der Waals surface area contributed by atoms with Crippen LogP contribution in [0.3, 0.4) is 0 Å². The quantitative estimate of drug-likeness (QED) is 0.715. The van der Waals surface area contributed by atoms with Crippen molar-refractivity contribution < 1.29 is 4.74 Å². The fourth-order valence-electron chi connectivity index (χ4n) is 1.85. The molecule has 0 fully saturated rings. The lowest BCUT2D eigenvalue weighted by Gasteiger charge is -2.25. The molecule has 0 aromatic heterocycles. The van der Waals surface area contributed by atoms with Gasteiger partial charge in [-0.2, -0.15) is 0 Å². The molecule has 0 spiro atoms. The second-order valence-electron chi connectivity index (χ2n) is 4.89. The van der Waals surface area contributed by atoms with Crippen molar-refractivity contribution in [2.24, 2.45) is 0 Å². The average molecular weight is 250 g/mol. The molecule has 0 aliphatic heterocycles. The van der Waals surface area contributed by atoms with E-state index in [1.165, 1.54) is 11.1 Å². The molecule has 1 unspecified atom stereocenters. The first kappa shape index (κ1) is 15.2. The van der Waals surface area contributed by atoms with Crippen molar-refractivity contribution in [2.75, 3.05) is 33.9 Å². The third-order valence-corrected chi connectivity index (χ3v) is 3.36. The van der Waals surface area contributed by atoms with Crippen molar-refractivity contribution in [2.45, 2.75) is 26.4 Å². The zero-order valence-corrected chi connectivity index (χ0v) is 12.1. The van der Waals surface area contributed by atoms with E-state index in [-0.39, 0.29) is 0 Å². The van der Waals surface area contributed by atoms with E-state index in [0.29, 0.717) is 6.04 Å². The van der Waals surface area contributed by atoms with Crippen LogP contribution in [0.25, 0.3) is 0 Å². The smallest absolute Gasteiger partial charge is 0.0587 e. The number of hydrogen-bond acceptors (Lipinski definition) is 3. The molecule has 1 N–H and O–H groups in total. The maximum Gasteiger partial charge on any atom is 0.0587 e. The van der Waals surface area contributed by atoms with Crippen molar-refractivity contribution in [3.63, 3.8) is 0 Å². The molecule has 1 atom stereocenters. The highest BCUT2D eigenvalue weighted by Crippen LogP contribution is 2.10. The van der Waals surface area contributed by atoms with E-state index in [9.17, 15) is 0 Å². The molecule has 0 aliphatic rings. The molecule has 0 bridgehead atoms. The standard InChI is InChI=1S/C15H26N2O/c1-13-7-5-6-8-15(13)12-17(3)14(2)11-16-9-10-18-4/h5-8,14,16H,9-12H2,1-4H3. The molecule has 3 nitrogen and oxygen atoms in total. The van der Waals surface area contributed by atoms with Crippen LogP contribution in [0.15, 0.2) is 24.3 Å². The molecule has 3 heteroatoms. The minimum atomic E-state index is 0.515. The van der Waals surface area contributed by atoms with Gasteiger partial charge in [0.2, 0.25) is 0 Å². The van der Waals surface area contributed by atoms with Crippen LogP contribution in [0.4, 0.5) is 0 Å². The van der Waals surface area contributed by atoms with Crippen LogP contribution in [-0.4, -0.2) is 44.8 Å². The zero-order chi connectivity index (χ0) is 13.4. The lowest BCUT2D eigenvalue weighted by atomic mass is 10.1. The molecule has 0 radical (unpaired) electrons. The molecule has 102 valence electrons. The van der Waals surface area contributed by atoms with Gasteiger partial charge in [-0.3, -0.25) is 4.90 Å². The van der Waals surface area contributed by atoms with E-state index in [1.54, 1.807) is 7.11 Å². The number of likely N-dealkylation sites (N-methyl/N-ethyl adjacent to an activating group) is 1. The highest BCUT2D eigenvalue weighted by atomic mass is 16.5. The van der Waals surface area contributed by atoms with Crippen molar-refractivity contribution in [1.29, 1.82) is 0 Å². The Morgan fingerprint density at radius 2 is 2.06 bits per heavy atom. The Balaban J connectivity index is 2.35. The molecule has 0 amide bonds. The van der Waals surface area contributed by atoms with E-state index in [4.69, 9.17) is 4.74 Å². The second kappa shape index (κ2) is 8.25. The highest BCUT2D eigenvalue weighted by molar-refractivity contribution is 5.25. The van der Waals surface area contributed by atoms with Crippen molar-refractivity contribution in [3.05, 3.63) is 35.4 Å². The largest absolute Gasteiger partial charge is 0.383 e. The van der Waals surface area contributed by atoms with E-state index >= 15 is 0 Å². The number of methoxy groups -OCH3 is 1. The number of rotatable bonds is 8. The normalized spacial score (nSPS) is 12.9. The van der Waals surface area contributed by atoms with Gasteiger partial charge in [-0.25, -0.2) is 0 Å². The second-order valence-corrected chi connectivity index (χ2v) is 4.89. The van der Waals surface area contributed by atoms with Gasteiger partial charge in [0.25, 0.3) is 0 Å². The maximum atomic E-state index is 5.02. The molecule has 1 aromatic rings. The van der Waals surface area contributed by atoms with Gasteiger partial charge in [0.05, 0.1) is 6.61 Å². The van der Waals surface area contributed by atoms with Crippen molar-refractivity contribution in [1.82, 2.24) is 10.2 Å². The fraction of sp³-hybridized carbons (Fsp3) is 0.600. The lowest BCUT2D eigenvalue weighted by Crippen LogP contribution is -2.38. The van der Waals surface area contributed by atoms with Crippen LogP contribution in [0.5, 0.6) is 0 Å². The minimum Gasteiger partial charge on any atom is -0.383 e. The molecular weight excluding hydrogens is 224 g/mol. The average Bonchev–Trinajstić information content (AvgIpc) is 2.37. The summed E-state index contributed by atoms with van der Waals surface area (Å²) in [5.41, 5.74) is 2.77. The molecular formula is C15H26N2O. The van der Waals surface area contributed by atoms with Gasteiger partial charge in [0.15, 0.2) is 0 Å². The zero-order valence-electron chi connectivity index (χ0n) is 12.1. The molecule has 0 saturated heterocycles. The van der Waals surface area contributed by atoms with Crippen molar-refractivity contribution >= 4 is 0 Å². The number of nitrogens with zero attached hydrogens (tertiary/aromatic N) is 1. The molecule has 1 aromatic carbocycles. The van der Waals surface area contributed by atoms with Crippen LogP contribution in [0.1, 0.15) is 18.1 Å². The van der Waals surface area contributed by atoms with Crippen LogP contribution in [0, 0.1) is 6.92 Å². The Labute approximate surface area is 111 Å². The van der Waals surface area contributed by atoms with E-state index < -0.39 is 0 Å². The van der Waals surface area contributed by atoms with E-state index in [1.807, 2.05) is 0 Å². The monoisotopic (exact) mass is 250 g/mol. The summed E-state index contributed by atoms with van der Waals surface area (Å²) < 4.78 is 5.02. The first-order valence-electron chi connectivity index (χ1n) is 6.59. The minimum absolute atomic E-state index is 0.515. The van der Waals surface area contributed by atoms with Gasteiger partial charge in [0, 0.05) is 32.8 Å². The number of nitrogens with one attached hydrogen (secondary N) is 1. The Morgan fingerprint density at radius 1 is 1.33 bits per heavy atom. The Hall–Kier alpha value is -0.900. The van der Waals surface area contributed by atoms with Gasteiger partial charge in [0.1, 0.15) is 0 Å². The molecule has 18 heavy (non-hydrogen) atoms. The van der Waals surface area contributed by atoms with Crippen molar-refractivity contribution in [3.8, 4) is 0 Å². The van der Waals surface area contributed by atoms with Crippen LogP contribution in [0.2, 0.25) is 0 Å². The predicted molar refractivity (Wildman–Crippen MR) is 76.9 cm³/mol. The summed E-state index contributed by atoms with van der Waals surface area (Å²) in [6.45, 7) is 8.10. The number of ether oxygens (including phenoxy) is 1. The van der Waals surface area contributed by atoms with Gasteiger partial charge < -0.3 is 10.1 Å². The highest BCUT2D eigenvalue weighted by Gasteiger charge is 2.09. The third kappa shape index (κ3) is 5.17. The topological polar surface area (TPSA) is 24.5 Å². The first-order valence-corrected chi connectivity index (χ1v) is 6.59. The van der Waals surface area contributed by atoms with Gasteiger partial charge >= 0.3 is 0 Å². The number of aryl methyl sites for hydroxylation is 1. The van der Waals surface area contributed by atoms with Crippen LogP contribution in [-0.2, 0) is 11.3 Å². The van der Waals surface area contributed by atoms with E-state index in [0.717, 1.165) is 26.2 Å².